The van der Waals surface area contributed by atoms with Crippen LogP contribution in [-0.2, 0) is 22.8 Å². The Morgan fingerprint density at radius 3 is 3.18 bits per heavy atom. The van der Waals surface area contributed by atoms with Crippen LogP contribution in [0, 0.1) is 0 Å². The molecule has 6 heteroatoms. The zero-order chi connectivity index (χ0) is 11.9. The van der Waals surface area contributed by atoms with Crippen LogP contribution < -0.4 is 5.32 Å². The number of rotatable bonds is 1. The lowest BCUT2D eigenvalue weighted by molar-refractivity contribution is 0.414. The van der Waals surface area contributed by atoms with E-state index < -0.39 is 9.84 Å². The summed E-state index contributed by atoms with van der Waals surface area (Å²) < 4.78 is 25.3. The average molecular weight is 255 g/mol. The molecule has 0 aromatic carbocycles. The molecule has 0 aliphatic carbocycles. The minimum absolute atomic E-state index is 0.0393. The van der Waals surface area contributed by atoms with Crippen LogP contribution in [0.25, 0.3) is 0 Å². The third-order valence-electron chi connectivity index (χ3n) is 3.63. The Kier molecular flexibility index (Phi) is 2.71. The summed E-state index contributed by atoms with van der Waals surface area (Å²) in [4.78, 5) is 0. The van der Waals surface area contributed by atoms with Crippen LogP contribution in [0.3, 0.4) is 0 Å². The molecule has 1 unspecified atom stereocenters. The molecule has 3 rings (SSSR count). The highest BCUT2D eigenvalue weighted by molar-refractivity contribution is 7.91. The van der Waals surface area contributed by atoms with Crippen molar-refractivity contribution in [2.24, 2.45) is 0 Å². The van der Waals surface area contributed by atoms with Gasteiger partial charge in [0.2, 0.25) is 0 Å². The highest BCUT2D eigenvalue weighted by Gasteiger charge is 2.29. The van der Waals surface area contributed by atoms with Gasteiger partial charge in [-0.1, -0.05) is 0 Å². The van der Waals surface area contributed by atoms with Crippen LogP contribution in [0.2, 0.25) is 0 Å². The van der Waals surface area contributed by atoms with E-state index in [1.54, 1.807) is 0 Å². The smallest absolute Gasteiger partial charge is 0.152 e. The van der Waals surface area contributed by atoms with Crippen molar-refractivity contribution in [2.75, 3.05) is 18.1 Å². The highest BCUT2D eigenvalue weighted by Crippen LogP contribution is 2.26. The third-order valence-corrected chi connectivity index (χ3v) is 5.44. The van der Waals surface area contributed by atoms with Crippen molar-refractivity contribution in [3.8, 4) is 0 Å². The molecule has 1 saturated heterocycles. The van der Waals surface area contributed by atoms with Gasteiger partial charge < -0.3 is 5.32 Å². The first kappa shape index (κ1) is 11.2. The Balaban J connectivity index is 1.91. The van der Waals surface area contributed by atoms with E-state index >= 15 is 0 Å². The van der Waals surface area contributed by atoms with Crippen molar-refractivity contribution in [3.63, 3.8) is 0 Å². The predicted molar refractivity (Wildman–Crippen MR) is 64.6 cm³/mol. The molecule has 3 heterocycles. The monoisotopic (exact) mass is 255 g/mol. The number of fused-ring (bicyclic) bond motifs is 1. The molecule has 94 valence electrons. The Morgan fingerprint density at radius 1 is 1.47 bits per heavy atom. The molecule has 1 aromatic rings. The van der Waals surface area contributed by atoms with Gasteiger partial charge >= 0.3 is 0 Å². The van der Waals surface area contributed by atoms with Crippen molar-refractivity contribution in [2.45, 2.75) is 31.8 Å². The topological polar surface area (TPSA) is 64.0 Å². The number of aromatic nitrogens is 2. The third kappa shape index (κ3) is 2.11. The maximum Gasteiger partial charge on any atom is 0.152 e. The minimum atomic E-state index is -2.87. The standard InChI is InChI=1S/C11H17N3O2S/c15-17(16)5-1-2-10(8-17)14-11-7-12-4-3-9(11)6-13-14/h6,10,12H,1-5,7-8H2. The van der Waals surface area contributed by atoms with E-state index in [1.165, 1.54) is 11.3 Å². The molecule has 2 aliphatic rings. The molecular weight excluding hydrogens is 238 g/mol. The number of hydrogen-bond donors (Lipinski definition) is 1. The largest absolute Gasteiger partial charge is 0.311 e. The van der Waals surface area contributed by atoms with Crippen LogP contribution in [0.5, 0.6) is 0 Å². The van der Waals surface area contributed by atoms with Gasteiger partial charge in [-0.3, -0.25) is 4.68 Å². The molecule has 17 heavy (non-hydrogen) atoms. The van der Waals surface area contributed by atoms with E-state index in [-0.39, 0.29) is 11.8 Å². The Labute approximate surface area is 101 Å². The summed E-state index contributed by atoms with van der Waals surface area (Å²) >= 11 is 0. The second-order valence-electron chi connectivity index (χ2n) is 4.90. The van der Waals surface area contributed by atoms with Crippen molar-refractivity contribution in [3.05, 3.63) is 17.5 Å². The SMILES string of the molecule is O=S1(=O)CCCC(n2ncc3c2CNCC3)C1. The Hall–Kier alpha value is -0.880. The lowest BCUT2D eigenvalue weighted by Crippen LogP contribution is -2.32. The number of sulfone groups is 1. The maximum absolute atomic E-state index is 11.7. The van der Waals surface area contributed by atoms with Gasteiger partial charge in [0.25, 0.3) is 0 Å². The highest BCUT2D eigenvalue weighted by atomic mass is 32.2. The number of nitrogens with zero attached hydrogens (tertiary/aromatic N) is 2. The molecule has 1 N–H and O–H groups in total. The molecule has 0 amide bonds. The lowest BCUT2D eigenvalue weighted by Gasteiger charge is -2.25. The Morgan fingerprint density at radius 2 is 2.35 bits per heavy atom. The zero-order valence-electron chi connectivity index (χ0n) is 9.72. The Bertz CT molecular complexity index is 521. The van der Waals surface area contributed by atoms with Crippen molar-refractivity contribution in [1.29, 1.82) is 0 Å². The number of nitrogens with one attached hydrogen (secondary N) is 1. The predicted octanol–water partition coefficient (Wildman–Crippen LogP) is 0.279. The van der Waals surface area contributed by atoms with Gasteiger partial charge in [-0.15, -0.1) is 0 Å². The van der Waals surface area contributed by atoms with Crippen molar-refractivity contribution >= 4 is 9.84 Å². The van der Waals surface area contributed by atoms with Crippen molar-refractivity contribution < 1.29 is 8.42 Å². The van der Waals surface area contributed by atoms with E-state index in [2.05, 4.69) is 10.4 Å². The molecule has 0 saturated carbocycles. The fourth-order valence-electron chi connectivity index (χ4n) is 2.76. The quantitative estimate of drug-likeness (QED) is 0.783. The van der Waals surface area contributed by atoms with Crippen LogP contribution in [0.4, 0.5) is 0 Å². The van der Waals surface area contributed by atoms with Gasteiger partial charge in [0.05, 0.1) is 29.4 Å². The number of hydrogen-bond acceptors (Lipinski definition) is 4. The van der Waals surface area contributed by atoms with Crippen LogP contribution in [0.15, 0.2) is 6.20 Å². The maximum atomic E-state index is 11.7. The summed E-state index contributed by atoms with van der Waals surface area (Å²) in [6.45, 7) is 1.80. The molecule has 0 radical (unpaired) electrons. The van der Waals surface area contributed by atoms with Gasteiger partial charge in [0.15, 0.2) is 9.84 Å². The molecule has 0 spiro atoms. The van der Waals surface area contributed by atoms with Crippen LogP contribution in [0.1, 0.15) is 30.1 Å². The molecule has 1 fully saturated rings. The van der Waals surface area contributed by atoms with Gasteiger partial charge in [-0.2, -0.15) is 5.10 Å². The summed E-state index contributed by atoms with van der Waals surface area (Å²) in [6.07, 6.45) is 4.58. The van der Waals surface area contributed by atoms with Crippen molar-refractivity contribution in [1.82, 2.24) is 15.1 Å². The molecule has 0 bridgehead atoms. The lowest BCUT2D eigenvalue weighted by atomic mass is 10.1. The zero-order valence-corrected chi connectivity index (χ0v) is 10.5. The van der Waals surface area contributed by atoms with Gasteiger partial charge in [0, 0.05) is 6.54 Å². The fraction of sp³-hybridized carbons (Fsp3) is 0.727. The van der Waals surface area contributed by atoms with Crippen LogP contribution in [-0.4, -0.2) is 36.2 Å². The second kappa shape index (κ2) is 4.10. The average Bonchev–Trinajstić information content (AvgIpc) is 2.71. The first-order valence-corrected chi connectivity index (χ1v) is 7.94. The van der Waals surface area contributed by atoms with Gasteiger partial charge in [-0.05, 0) is 31.4 Å². The normalized spacial score (nSPS) is 27.6. The van der Waals surface area contributed by atoms with E-state index in [0.29, 0.717) is 5.75 Å². The van der Waals surface area contributed by atoms with E-state index in [1.807, 2.05) is 10.9 Å². The second-order valence-corrected chi connectivity index (χ2v) is 7.13. The van der Waals surface area contributed by atoms with E-state index in [9.17, 15) is 8.42 Å². The van der Waals surface area contributed by atoms with Gasteiger partial charge in [-0.25, -0.2) is 8.42 Å². The van der Waals surface area contributed by atoms with E-state index in [4.69, 9.17) is 0 Å². The summed E-state index contributed by atoms with van der Waals surface area (Å²) in [5.41, 5.74) is 2.45. The van der Waals surface area contributed by atoms with E-state index in [0.717, 1.165) is 32.4 Å². The first-order chi connectivity index (χ1) is 8.16. The van der Waals surface area contributed by atoms with Gasteiger partial charge in [0.1, 0.15) is 0 Å². The molecule has 1 aromatic heterocycles. The first-order valence-electron chi connectivity index (χ1n) is 6.12. The summed E-state index contributed by atoms with van der Waals surface area (Å²) in [5, 5.41) is 7.72. The minimum Gasteiger partial charge on any atom is -0.311 e. The molecule has 5 nitrogen and oxygen atoms in total. The summed E-state index contributed by atoms with van der Waals surface area (Å²) in [7, 11) is -2.87. The molecular formula is C11H17N3O2S. The molecule has 2 aliphatic heterocycles. The summed E-state index contributed by atoms with van der Waals surface area (Å²) in [5.74, 6) is 0.590. The molecule has 1 atom stereocenters. The fourth-order valence-corrected chi connectivity index (χ4v) is 4.43. The van der Waals surface area contributed by atoms with Crippen LogP contribution >= 0.6 is 0 Å². The summed E-state index contributed by atoms with van der Waals surface area (Å²) in [6, 6.07) is 0.0393.